The zero-order chi connectivity index (χ0) is 14.0. The van der Waals surface area contributed by atoms with E-state index in [1.165, 1.54) is 25.1 Å². The van der Waals surface area contributed by atoms with Gasteiger partial charge in [-0.25, -0.2) is 0 Å². The van der Waals surface area contributed by atoms with Crippen LogP contribution in [0.3, 0.4) is 0 Å². The summed E-state index contributed by atoms with van der Waals surface area (Å²) in [5.41, 5.74) is 9.16. The van der Waals surface area contributed by atoms with Crippen LogP contribution in [-0.2, 0) is 0 Å². The summed E-state index contributed by atoms with van der Waals surface area (Å²) in [6, 6.07) is 4.86. The number of nitrogens with two attached hydrogens (primary N) is 1. The second-order valence-electron chi connectivity index (χ2n) is 5.47. The van der Waals surface area contributed by atoms with Gasteiger partial charge < -0.3 is 10.6 Å². The molecule has 0 aliphatic carbocycles. The van der Waals surface area contributed by atoms with Crippen LogP contribution in [0.1, 0.15) is 25.3 Å². The van der Waals surface area contributed by atoms with Crippen LogP contribution in [0.15, 0.2) is 16.6 Å². The molecule has 3 nitrogen and oxygen atoms in total. The zero-order valence-electron chi connectivity index (χ0n) is 12.1. The van der Waals surface area contributed by atoms with Crippen molar-refractivity contribution in [2.45, 2.75) is 32.7 Å². The van der Waals surface area contributed by atoms with Crippen LogP contribution in [0, 0.1) is 6.92 Å². The Balaban J connectivity index is 2.11. The largest absolute Gasteiger partial charge is 0.398 e. The highest BCUT2D eigenvalue weighted by Gasteiger charge is 2.24. The maximum Gasteiger partial charge on any atom is 0.0512 e. The summed E-state index contributed by atoms with van der Waals surface area (Å²) in [5.74, 6) is 0. The van der Waals surface area contributed by atoms with Crippen LogP contribution in [0.4, 0.5) is 11.4 Å². The Morgan fingerprint density at radius 2 is 2.21 bits per heavy atom. The summed E-state index contributed by atoms with van der Waals surface area (Å²) < 4.78 is 1.08. The first-order valence-electron chi connectivity index (χ1n) is 7.03. The minimum Gasteiger partial charge on any atom is -0.398 e. The average Bonchev–Trinajstić information content (AvgIpc) is 2.80. The number of nitrogens with zero attached hydrogens (tertiary/aromatic N) is 2. The third-order valence-electron chi connectivity index (χ3n) is 4.14. The second-order valence-corrected chi connectivity index (χ2v) is 6.32. The molecule has 0 aromatic heterocycles. The van der Waals surface area contributed by atoms with Crippen molar-refractivity contribution in [3.05, 3.63) is 22.2 Å². The van der Waals surface area contributed by atoms with E-state index in [1.54, 1.807) is 0 Å². The monoisotopic (exact) mass is 325 g/mol. The third-order valence-corrected chi connectivity index (χ3v) is 4.77. The quantitative estimate of drug-likeness (QED) is 0.862. The topological polar surface area (TPSA) is 32.5 Å². The lowest BCUT2D eigenvalue weighted by atomic mass is 10.1. The van der Waals surface area contributed by atoms with Crippen LogP contribution in [0.2, 0.25) is 0 Å². The summed E-state index contributed by atoms with van der Waals surface area (Å²) in [6.45, 7) is 7.79. The highest BCUT2D eigenvalue weighted by atomic mass is 79.9. The number of halogens is 1. The number of aryl methyl sites for hydroxylation is 1. The molecule has 1 unspecified atom stereocenters. The van der Waals surface area contributed by atoms with E-state index in [0.29, 0.717) is 6.04 Å². The number of likely N-dealkylation sites (tertiary alicyclic amines) is 1. The Morgan fingerprint density at radius 3 is 2.89 bits per heavy atom. The fourth-order valence-electron chi connectivity index (χ4n) is 2.91. The summed E-state index contributed by atoms with van der Waals surface area (Å²) >= 11 is 3.63. The number of hydrogen-bond acceptors (Lipinski definition) is 3. The Labute approximate surface area is 124 Å². The van der Waals surface area contributed by atoms with Crippen LogP contribution in [0.25, 0.3) is 0 Å². The maximum absolute atomic E-state index is 5.94. The van der Waals surface area contributed by atoms with Gasteiger partial charge >= 0.3 is 0 Å². The first-order valence-corrected chi connectivity index (χ1v) is 7.83. The number of anilines is 2. The summed E-state index contributed by atoms with van der Waals surface area (Å²) in [7, 11) is 2.17. The minimum absolute atomic E-state index is 0.680. The van der Waals surface area contributed by atoms with Crippen molar-refractivity contribution in [1.82, 2.24) is 4.90 Å². The Hall–Kier alpha value is -0.740. The van der Waals surface area contributed by atoms with Crippen LogP contribution in [0.5, 0.6) is 0 Å². The average molecular weight is 326 g/mol. The first kappa shape index (κ1) is 14.7. The Morgan fingerprint density at radius 1 is 1.47 bits per heavy atom. The van der Waals surface area contributed by atoms with Crippen molar-refractivity contribution < 1.29 is 0 Å². The normalized spacial score (nSPS) is 19.9. The summed E-state index contributed by atoms with van der Waals surface area (Å²) in [4.78, 5) is 4.92. The number of nitrogen functional groups attached to an aromatic ring is 1. The predicted molar refractivity (Wildman–Crippen MR) is 86.8 cm³/mol. The lowest BCUT2D eigenvalue weighted by Gasteiger charge is -2.30. The zero-order valence-corrected chi connectivity index (χ0v) is 13.7. The van der Waals surface area contributed by atoms with E-state index < -0.39 is 0 Å². The lowest BCUT2D eigenvalue weighted by molar-refractivity contribution is 0.270. The Bertz CT molecular complexity index is 447. The molecule has 1 heterocycles. The van der Waals surface area contributed by atoms with Gasteiger partial charge in [0.1, 0.15) is 0 Å². The van der Waals surface area contributed by atoms with E-state index in [0.717, 1.165) is 28.8 Å². The molecule has 1 aromatic rings. The molecule has 0 bridgehead atoms. The van der Waals surface area contributed by atoms with Crippen molar-refractivity contribution in [3.8, 4) is 0 Å². The second kappa shape index (κ2) is 6.14. The van der Waals surface area contributed by atoms with Crippen LogP contribution >= 0.6 is 15.9 Å². The first-order chi connectivity index (χ1) is 9.02. The van der Waals surface area contributed by atoms with Gasteiger partial charge in [0.25, 0.3) is 0 Å². The van der Waals surface area contributed by atoms with Gasteiger partial charge in [-0.3, -0.25) is 4.90 Å². The van der Waals surface area contributed by atoms with E-state index in [9.17, 15) is 0 Å². The minimum atomic E-state index is 0.680. The summed E-state index contributed by atoms with van der Waals surface area (Å²) in [5, 5.41) is 0. The molecule has 1 aliphatic rings. The van der Waals surface area contributed by atoms with Crippen molar-refractivity contribution in [1.29, 1.82) is 0 Å². The smallest absolute Gasteiger partial charge is 0.0512 e. The van der Waals surface area contributed by atoms with E-state index >= 15 is 0 Å². The standard InChI is InChI=1S/C15H24BrN3/c1-4-19-7-5-6-12(19)10-18(3)15-8-11(2)14(17)9-13(15)16/h8-9,12H,4-7,10,17H2,1-3H3. The number of benzene rings is 1. The molecule has 0 spiro atoms. The van der Waals surface area contributed by atoms with Gasteiger partial charge in [-0.15, -0.1) is 0 Å². The molecule has 0 radical (unpaired) electrons. The molecule has 1 aromatic carbocycles. The van der Waals surface area contributed by atoms with Gasteiger partial charge in [0, 0.05) is 29.8 Å². The molecule has 19 heavy (non-hydrogen) atoms. The van der Waals surface area contributed by atoms with Crippen LogP contribution in [-0.4, -0.2) is 37.6 Å². The molecular formula is C15H24BrN3. The van der Waals surface area contributed by atoms with Gasteiger partial charge in [0.05, 0.1) is 5.69 Å². The molecule has 2 N–H and O–H groups in total. The van der Waals surface area contributed by atoms with Crippen molar-refractivity contribution >= 4 is 27.3 Å². The molecule has 4 heteroatoms. The van der Waals surface area contributed by atoms with Gasteiger partial charge in [0.15, 0.2) is 0 Å². The van der Waals surface area contributed by atoms with Gasteiger partial charge in [-0.05, 0) is 66.5 Å². The van der Waals surface area contributed by atoms with Gasteiger partial charge in [0.2, 0.25) is 0 Å². The van der Waals surface area contributed by atoms with Gasteiger partial charge in [-0.2, -0.15) is 0 Å². The molecule has 1 saturated heterocycles. The van der Waals surface area contributed by atoms with Crippen molar-refractivity contribution in [2.75, 3.05) is 37.3 Å². The highest BCUT2D eigenvalue weighted by molar-refractivity contribution is 9.10. The molecule has 1 aliphatic heterocycles. The van der Waals surface area contributed by atoms with Crippen LogP contribution < -0.4 is 10.6 Å². The molecular weight excluding hydrogens is 302 g/mol. The number of hydrogen-bond donors (Lipinski definition) is 1. The van der Waals surface area contributed by atoms with E-state index in [1.807, 2.05) is 6.07 Å². The summed E-state index contributed by atoms with van der Waals surface area (Å²) in [6.07, 6.45) is 2.64. The van der Waals surface area contributed by atoms with E-state index in [2.05, 4.69) is 52.7 Å². The van der Waals surface area contributed by atoms with Gasteiger partial charge in [-0.1, -0.05) is 6.92 Å². The Kier molecular flexibility index (Phi) is 4.74. The molecule has 2 rings (SSSR count). The SMILES string of the molecule is CCN1CCCC1CN(C)c1cc(C)c(N)cc1Br. The number of likely N-dealkylation sites (N-methyl/N-ethyl adjacent to an activating group) is 2. The predicted octanol–water partition coefficient (Wildman–Crippen LogP) is 3.26. The van der Waals surface area contributed by atoms with Crippen molar-refractivity contribution in [3.63, 3.8) is 0 Å². The maximum atomic E-state index is 5.94. The molecule has 0 amide bonds. The highest BCUT2D eigenvalue weighted by Crippen LogP contribution is 2.31. The van der Waals surface area contributed by atoms with E-state index in [4.69, 9.17) is 5.73 Å². The third kappa shape index (κ3) is 3.23. The molecule has 106 valence electrons. The van der Waals surface area contributed by atoms with E-state index in [-0.39, 0.29) is 0 Å². The fourth-order valence-corrected chi connectivity index (χ4v) is 3.57. The molecule has 1 fully saturated rings. The lowest BCUT2D eigenvalue weighted by Crippen LogP contribution is -2.38. The van der Waals surface area contributed by atoms with Crippen molar-refractivity contribution in [2.24, 2.45) is 0 Å². The molecule has 0 saturated carbocycles. The fraction of sp³-hybridized carbons (Fsp3) is 0.600. The number of rotatable bonds is 4. The molecule has 1 atom stereocenters.